The van der Waals surface area contributed by atoms with Gasteiger partial charge in [0.25, 0.3) is 0 Å². The highest BCUT2D eigenvalue weighted by Gasteiger charge is 2.15. The molecule has 8 heteroatoms. The van der Waals surface area contributed by atoms with Gasteiger partial charge in [-0.25, -0.2) is 0 Å². The van der Waals surface area contributed by atoms with Crippen LogP contribution in [0.25, 0.3) is 0 Å². The first-order chi connectivity index (χ1) is 7.82. The standard InChI is InChI=1S/C10H20N4O3.ClH/c1-6(2)3-7(11)10(17)14-5-9(16)13-4-8(12)15;/h6-7H,3-5,11H2,1-2H3,(H2,12,15)(H,13,16)(H,14,17);1H/t7-;/m0./s1. The maximum absolute atomic E-state index is 11.4. The lowest BCUT2D eigenvalue weighted by molar-refractivity contribution is -0.127. The van der Waals surface area contributed by atoms with Crippen LogP contribution in [0.4, 0.5) is 0 Å². The summed E-state index contributed by atoms with van der Waals surface area (Å²) < 4.78 is 0. The van der Waals surface area contributed by atoms with E-state index in [-0.39, 0.29) is 31.4 Å². The van der Waals surface area contributed by atoms with E-state index in [4.69, 9.17) is 11.5 Å². The molecule has 0 aliphatic heterocycles. The van der Waals surface area contributed by atoms with Gasteiger partial charge in [0, 0.05) is 0 Å². The minimum Gasteiger partial charge on any atom is -0.368 e. The molecule has 106 valence electrons. The largest absolute Gasteiger partial charge is 0.368 e. The zero-order valence-corrected chi connectivity index (χ0v) is 11.4. The first-order valence-corrected chi connectivity index (χ1v) is 5.41. The molecule has 3 amide bonds. The third-order valence-corrected chi connectivity index (χ3v) is 1.95. The molecule has 0 aromatic rings. The summed E-state index contributed by atoms with van der Waals surface area (Å²) >= 11 is 0. The van der Waals surface area contributed by atoms with Crippen molar-refractivity contribution in [1.82, 2.24) is 10.6 Å². The normalized spacial score (nSPS) is 11.3. The van der Waals surface area contributed by atoms with Gasteiger partial charge in [0.1, 0.15) is 0 Å². The average molecular weight is 281 g/mol. The van der Waals surface area contributed by atoms with Gasteiger partial charge in [0.15, 0.2) is 0 Å². The lowest BCUT2D eigenvalue weighted by Gasteiger charge is -2.13. The number of nitrogens with two attached hydrogens (primary N) is 2. The minimum atomic E-state index is -0.638. The Morgan fingerprint density at radius 3 is 2.11 bits per heavy atom. The fourth-order valence-electron chi connectivity index (χ4n) is 1.16. The first-order valence-electron chi connectivity index (χ1n) is 5.41. The SMILES string of the molecule is CC(C)C[C@H](N)C(=O)NCC(=O)NCC(N)=O.Cl. The maximum atomic E-state index is 11.4. The molecule has 0 unspecified atom stereocenters. The maximum Gasteiger partial charge on any atom is 0.239 e. The molecule has 0 fully saturated rings. The van der Waals surface area contributed by atoms with Gasteiger partial charge in [-0.3, -0.25) is 14.4 Å². The number of amides is 3. The van der Waals surface area contributed by atoms with Crippen molar-refractivity contribution >= 4 is 30.1 Å². The number of hydrogen-bond acceptors (Lipinski definition) is 4. The molecular weight excluding hydrogens is 260 g/mol. The highest BCUT2D eigenvalue weighted by molar-refractivity contribution is 5.89. The molecule has 1 atom stereocenters. The molecular formula is C10H21ClN4O3. The van der Waals surface area contributed by atoms with E-state index in [0.717, 1.165) is 0 Å². The first kappa shape index (κ1) is 19.0. The van der Waals surface area contributed by atoms with E-state index in [1.807, 2.05) is 13.8 Å². The summed E-state index contributed by atoms with van der Waals surface area (Å²) in [6.45, 7) is 3.45. The summed E-state index contributed by atoms with van der Waals surface area (Å²) in [6.07, 6.45) is 0.550. The van der Waals surface area contributed by atoms with Crippen LogP contribution in [0.2, 0.25) is 0 Å². The van der Waals surface area contributed by atoms with Crippen molar-refractivity contribution in [1.29, 1.82) is 0 Å². The molecule has 0 aliphatic rings. The van der Waals surface area contributed by atoms with Crippen molar-refractivity contribution in [2.45, 2.75) is 26.3 Å². The van der Waals surface area contributed by atoms with Crippen molar-refractivity contribution in [2.75, 3.05) is 13.1 Å². The van der Waals surface area contributed by atoms with Crippen LogP contribution in [-0.4, -0.2) is 36.9 Å². The lowest BCUT2D eigenvalue weighted by atomic mass is 10.0. The van der Waals surface area contributed by atoms with Crippen LogP contribution in [-0.2, 0) is 14.4 Å². The second-order valence-corrected chi connectivity index (χ2v) is 4.20. The summed E-state index contributed by atoms with van der Waals surface area (Å²) in [4.78, 5) is 32.9. The van der Waals surface area contributed by atoms with E-state index in [9.17, 15) is 14.4 Å². The Morgan fingerprint density at radius 1 is 1.11 bits per heavy atom. The van der Waals surface area contributed by atoms with Crippen LogP contribution in [0.15, 0.2) is 0 Å². The highest BCUT2D eigenvalue weighted by Crippen LogP contribution is 2.01. The van der Waals surface area contributed by atoms with Crippen LogP contribution in [0.1, 0.15) is 20.3 Å². The Morgan fingerprint density at radius 2 is 1.67 bits per heavy atom. The molecule has 6 N–H and O–H groups in total. The van der Waals surface area contributed by atoms with Crippen LogP contribution >= 0.6 is 12.4 Å². The minimum absolute atomic E-state index is 0. The predicted molar refractivity (Wildman–Crippen MR) is 69.9 cm³/mol. The fraction of sp³-hybridized carbons (Fsp3) is 0.700. The number of halogens is 1. The molecule has 0 bridgehead atoms. The van der Waals surface area contributed by atoms with Gasteiger partial charge in [-0.1, -0.05) is 13.8 Å². The smallest absolute Gasteiger partial charge is 0.239 e. The third-order valence-electron chi connectivity index (χ3n) is 1.95. The van der Waals surface area contributed by atoms with Gasteiger partial charge in [-0.2, -0.15) is 0 Å². The van der Waals surface area contributed by atoms with Crippen molar-refractivity contribution < 1.29 is 14.4 Å². The Hall–Kier alpha value is -1.34. The van der Waals surface area contributed by atoms with Gasteiger partial charge < -0.3 is 22.1 Å². The zero-order chi connectivity index (χ0) is 13.4. The molecule has 0 spiro atoms. The quantitative estimate of drug-likeness (QED) is 0.452. The topological polar surface area (TPSA) is 127 Å². The second kappa shape index (κ2) is 9.67. The Kier molecular flexibility index (Phi) is 10.2. The summed E-state index contributed by atoms with van der Waals surface area (Å²) in [7, 11) is 0. The summed E-state index contributed by atoms with van der Waals surface area (Å²) in [5.74, 6) is -1.19. The molecule has 18 heavy (non-hydrogen) atoms. The van der Waals surface area contributed by atoms with Gasteiger partial charge in [-0.15, -0.1) is 12.4 Å². The Balaban J connectivity index is 0. The molecule has 0 radical (unpaired) electrons. The van der Waals surface area contributed by atoms with E-state index >= 15 is 0 Å². The molecule has 0 saturated carbocycles. The molecule has 7 nitrogen and oxygen atoms in total. The third kappa shape index (κ3) is 9.86. The number of carbonyl (C=O) groups excluding carboxylic acids is 3. The average Bonchev–Trinajstić information content (AvgIpc) is 2.21. The molecule has 0 aromatic carbocycles. The number of carbonyl (C=O) groups is 3. The zero-order valence-electron chi connectivity index (χ0n) is 10.6. The number of primary amides is 1. The van der Waals surface area contributed by atoms with Crippen molar-refractivity contribution in [3.63, 3.8) is 0 Å². The summed E-state index contributed by atoms with van der Waals surface area (Å²) in [5, 5.41) is 4.63. The van der Waals surface area contributed by atoms with Crippen LogP contribution < -0.4 is 22.1 Å². The van der Waals surface area contributed by atoms with Crippen LogP contribution in [0, 0.1) is 5.92 Å². The molecule has 0 heterocycles. The molecule has 0 aliphatic carbocycles. The highest BCUT2D eigenvalue weighted by atomic mass is 35.5. The Bertz CT molecular complexity index is 297. The van der Waals surface area contributed by atoms with Gasteiger partial charge in [0.2, 0.25) is 17.7 Å². The number of hydrogen-bond donors (Lipinski definition) is 4. The number of rotatable bonds is 7. The van der Waals surface area contributed by atoms with Gasteiger partial charge in [-0.05, 0) is 12.3 Å². The lowest BCUT2D eigenvalue weighted by Crippen LogP contribution is -2.46. The van der Waals surface area contributed by atoms with E-state index < -0.39 is 17.9 Å². The predicted octanol–water partition coefficient (Wildman–Crippen LogP) is -1.50. The van der Waals surface area contributed by atoms with E-state index in [1.165, 1.54) is 0 Å². The van der Waals surface area contributed by atoms with E-state index in [1.54, 1.807) is 0 Å². The van der Waals surface area contributed by atoms with E-state index in [2.05, 4.69) is 10.6 Å². The summed E-state index contributed by atoms with van der Waals surface area (Å²) in [6, 6.07) is -0.626. The van der Waals surface area contributed by atoms with Crippen LogP contribution in [0.3, 0.4) is 0 Å². The van der Waals surface area contributed by atoms with Gasteiger partial charge in [0.05, 0.1) is 19.1 Å². The molecule has 0 saturated heterocycles. The summed E-state index contributed by atoms with van der Waals surface area (Å²) in [5.41, 5.74) is 10.4. The number of nitrogens with one attached hydrogen (secondary N) is 2. The second-order valence-electron chi connectivity index (χ2n) is 4.20. The molecule has 0 aromatic heterocycles. The van der Waals surface area contributed by atoms with Crippen molar-refractivity contribution in [3.8, 4) is 0 Å². The van der Waals surface area contributed by atoms with Crippen molar-refractivity contribution in [3.05, 3.63) is 0 Å². The van der Waals surface area contributed by atoms with E-state index in [0.29, 0.717) is 12.3 Å². The molecule has 0 rings (SSSR count). The van der Waals surface area contributed by atoms with Crippen molar-refractivity contribution in [2.24, 2.45) is 17.4 Å². The van der Waals surface area contributed by atoms with Crippen LogP contribution in [0.5, 0.6) is 0 Å². The Labute approximate surface area is 112 Å². The fourth-order valence-corrected chi connectivity index (χ4v) is 1.16. The monoisotopic (exact) mass is 280 g/mol. The van der Waals surface area contributed by atoms with Gasteiger partial charge >= 0.3 is 0 Å².